The lowest BCUT2D eigenvalue weighted by molar-refractivity contribution is -0.137. The summed E-state index contributed by atoms with van der Waals surface area (Å²) in [6, 6.07) is 8.94. The SMILES string of the molecule is C=C(C)CNC(=O)N(CCCC(=O)O)c1ccccc1. The molecule has 0 heterocycles. The van der Waals surface area contributed by atoms with Crippen LogP contribution in [0.15, 0.2) is 42.5 Å². The number of hydrogen-bond donors (Lipinski definition) is 2. The fourth-order valence-corrected chi connectivity index (χ4v) is 1.67. The number of nitrogens with one attached hydrogen (secondary N) is 1. The number of nitrogens with zero attached hydrogens (tertiary/aromatic N) is 1. The predicted molar refractivity (Wildman–Crippen MR) is 78.9 cm³/mol. The number of carbonyl (C=O) groups is 2. The molecule has 0 aliphatic rings. The first-order chi connectivity index (χ1) is 9.50. The van der Waals surface area contributed by atoms with Gasteiger partial charge in [-0.25, -0.2) is 4.79 Å². The van der Waals surface area contributed by atoms with Crippen molar-refractivity contribution >= 4 is 17.7 Å². The van der Waals surface area contributed by atoms with Crippen LogP contribution in [-0.2, 0) is 4.79 Å². The molecule has 0 aliphatic carbocycles. The highest BCUT2D eigenvalue weighted by Gasteiger charge is 2.15. The first-order valence-electron chi connectivity index (χ1n) is 6.47. The van der Waals surface area contributed by atoms with Gasteiger partial charge in [-0.05, 0) is 25.5 Å². The highest BCUT2D eigenvalue weighted by Crippen LogP contribution is 2.14. The number of aliphatic carboxylic acids is 1. The average Bonchev–Trinajstić information content (AvgIpc) is 2.41. The van der Waals surface area contributed by atoms with E-state index in [-0.39, 0.29) is 12.5 Å². The highest BCUT2D eigenvalue weighted by atomic mass is 16.4. The predicted octanol–water partition coefficient (Wildman–Crippen LogP) is 2.64. The Morgan fingerprint density at radius 1 is 1.30 bits per heavy atom. The number of anilines is 1. The Morgan fingerprint density at radius 2 is 1.95 bits per heavy atom. The van der Waals surface area contributed by atoms with Crippen LogP contribution in [0.2, 0.25) is 0 Å². The largest absolute Gasteiger partial charge is 0.481 e. The molecule has 0 saturated heterocycles. The fourth-order valence-electron chi connectivity index (χ4n) is 1.67. The van der Waals surface area contributed by atoms with Crippen molar-refractivity contribution < 1.29 is 14.7 Å². The zero-order chi connectivity index (χ0) is 15.0. The molecule has 0 spiro atoms. The Hall–Kier alpha value is -2.30. The zero-order valence-electron chi connectivity index (χ0n) is 11.6. The normalized spacial score (nSPS) is 9.85. The van der Waals surface area contributed by atoms with E-state index in [1.54, 1.807) is 4.90 Å². The molecule has 1 aromatic rings. The number of carboxylic acids is 1. The Bertz CT molecular complexity index is 471. The van der Waals surface area contributed by atoms with Gasteiger partial charge in [0.25, 0.3) is 0 Å². The number of amides is 2. The van der Waals surface area contributed by atoms with Crippen LogP contribution in [0.25, 0.3) is 0 Å². The molecule has 0 fully saturated rings. The maximum atomic E-state index is 12.2. The zero-order valence-corrected chi connectivity index (χ0v) is 11.6. The summed E-state index contributed by atoms with van der Waals surface area (Å²) in [5.74, 6) is -0.861. The van der Waals surface area contributed by atoms with Crippen LogP contribution in [0.5, 0.6) is 0 Å². The van der Waals surface area contributed by atoms with E-state index in [1.165, 1.54) is 0 Å². The van der Waals surface area contributed by atoms with Gasteiger partial charge in [-0.15, -0.1) is 0 Å². The van der Waals surface area contributed by atoms with Crippen LogP contribution in [0.4, 0.5) is 10.5 Å². The molecule has 0 atom stereocenters. The van der Waals surface area contributed by atoms with E-state index in [0.717, 1.165) is 11.3 Å². The van der Waals surface area contributed by atoms with Crippen LogP contribution < -0.4 is 10.2 Å². The van der Waals surface area contributed by atoms with Crippen molar-refractivity contribution in [2.75, 3.05) is 18.0 Å². The summed E-state index contributed by atoms with van der Waals surface area (Å²) < 4.78 is 0. The van der Waals surface area contributed by atoms with E-state index in [0.29, 0.717) is 19.5 Å². The third-order valence-corrected chi connectivity index (χ3v) is 2.63. The molecular formula is C15H20N2O3. The molecule has 2 amide bonds. The van der Waals surface area contributed by atoms with Crippen LogP contribution in [0, 0.1) is 0 Å². The molecule has 20 heavy (non-hydrogen) atoms. The molecule has 0 saturated carbocycles. The molecule has 5 nitrogen and oxygen atoms in total. The smallest absolute Gasteiger partial charge is 0.322 e. The number of hydrogen-bond acceptors (Lipinski definition) is 2. The van der Waals surface area contributed by atoms with E-state index >= 15 is 0 Å². The second-order valence-corrected chi connectivity index (χ2v) is 4.60. The Labute approximate surface area is 118 Å². The first-order valence-corrected chi connectivity index (χ1v) is 6.47. The molecule has 0 radical (unpaired) electrons. The Kier molecular flexibility index (Phi) is 6.29. The molecule has 0 aromatic heterocycles. The van der Waals surface area contributed by atoms with Crippen molar-refractivity contribution in [1.82, 2.24) is 5.32 Å². The summed E-state index contributed by atoms with van der Waals surface area (Å²) in [4.78, 5) is 24.3. The molecule has 0 bridgehead atoms. The van der Waals surface area contributed by atoms with Gasteiger partial charge in [-0.3, -0.25) is 9.69 Å². The fraction of sp³-hybridized carbons (Fsp3) is 0.333. The summed E-state index contributed by atoms with van der Waals surface area (Å²) in [5.41, 5.74) is 1.61. The van der Waals surface area contributed by atoms with E-state index in [2.05, 4.69) is 11.9 Å². The van der Waals surface area contributed by atoms with Gasteiger partial charge in [-0.2, -0.15) is 0 Å². The van der Waals surface area contributed by atoms with Crippen molar-refractivity contribution in [3.8, 4) is 0 Å². The van der Waals surface area contributed by atoms with Crippen molar-refractivity contribution in [3.63, 3.8) is 0 Å². The van der Waals surface area contributed by atoms with E-state index < -0.39 is 5.97 Å². The van der Waals surface area contributed by atoms with E-state index in [4.69, 9.17) is 5.11 Å². The van der Waals surface area contributed by atoms with Gasteiger partial charge in [0.05, 0.1) is 0 Å². The number of benzene rings is 1. The standard InChI is InChI=1S/C15H20N2O3/c1-12(2)11-16-15(20)17(10-6-9-14(18)19)13-7-4-3-5-8-13/h3-5,7-8H,1,6,9-11H2,2H3,(H,16,20)(H,18,19). The van der Waals surface area contributed by atoms with Gasteiger partial charge >= 0.3 is 12.0 Å². The third-order valence-electron chi connectivity index (χ3n) is 2.63. The molecule has 108 valence electrons. The number of rotatable bonds is 7. The molecule has 2 N–H and O–H groups in total. The van der Waals surface area contributed by atoms with Gasteiger partial charge < -0.3 is 10.4 Å². The van der Waals surface area contributed by atoms with Crippen molar-refractivity contribution in [1.29, 1.82) is 0 Å². The maximum Gasteiger partial charge on any atom is 0.322 e. The topological polar surface area (TPSA) is 69.6 Å². The monoisotopic (exact) mass is 276 g/mol. The Morgan fingerprint density at radius 3 is 2.50 bits per heavy atom. The number of urea groups is 1. The molecule has 0 aliphatic heterocycles. The molecule has 0 unspecified atom stereocenters. The summed E-state index contributed by atoms with van der Waals surface area (Å²) >= 11 is 0. The van der Waals surface area contributed by atoms with Crippen LogP contribution >= 0.6 is 0 Å². The minimum atomic E-state index is -0.861. The van der Waals surface area contributed by atoms with Crippen LogP contribution in [-0.4, -0.2) is 30.2 Å². The molecular weight excluding hydrogens is 256 g/mol. The van der Waals surface area contributed by atoms with Gasteiger partial charge in [0.15, 0.2) is 0 Å². The second-order valence-electron chi connectivity index (χ2n) is 4.60. The van der Waals surface area contributed by atoms with E-state index in [9.17, 15) is 9.59 Å². The second kappa shape index (κ2) is 7.99. The quantitative estimate of drug-likeness (QED) is 0.752. The minimum absolute atomic E-state index is 0.0388. The summed E-state index contributed by atoms with van der Waals surface area (Å²) in [5, 5.41) is 11.4. The number of carboxylic acid groups (broad SMARTS) is 1. The van der Waals surface area contributed by atoms with Crippen molar-refractivity contribution in [2.24, 2.45) is 0 Å². The minimum Gasteiger partial charge on any atom is -0.481 e. The number of carbonyl (C=O) groups excluding carboxylic acids is 1. The van der Waals surface area contributed by atoms with Crippen LogP contribution in [0.3, 0.4) is 0 Å². The average molecular weight is 276 g/mol. The van der Waals surface area contributed by atoms with Gasteiger partial charge in [0.2, 0.25) is 0 Å². The molecule has 1 aromatic carbocycles. The van der Waals surface area contributed by atoms with Gasteiger partial charge in [0.1, 0.15) is 0 Å². The third kappa shape index (κ3) is 5.56. The van der Waals surface area contributed by atoms with Crippen molar-refractivity contribution in [3.05, 3.63) is 42.5 Å². The Balaban J connectivity index is 2.71. The van der Waals surface area contributed by atoms with Crippen molar-refractivity contribution in [2.45, 2.75) is 19.8 Å². The molecule has 5 heteroatoms. The highest BCUT2D eigenvalue weighted by molar-refractivity contribution is 5.92. The summed E-state index contributed by atoms with van der Waals surface area (Å²) in [7, 11) is 0. The number of para-hydroxylation sites is 1. The lowest BCUT2D eigenvalue weighted by Crippen LogP contribution is -2.41. The summed E-state index contributed by atoms with van der Waals surface area (Å²) in [6.07, 6.45) is 0.446. The van der Waals surface area contributed by atoms with Gasteiger partial charge in [-0.1, -0.05) is 30.4 Å². The lowest BCUT2D eigenvalue weighted by atomic mass is 10.2. The maximum absolute atomic E-state index is 12.2. The first kappa shape index (κ1) is 15.8. The molecule has 1 rings (SSSR count). The lowest BCUT2D eigenvalue weighted by Gasteiger charge is -2.23. The van der Waals surface area contributed by atoms with Gasteiger partial charge in [0, 0.05) is 25.2 Å². The summed E-state index contributed by atoms with van der Waals surface area (Å²) in [6.45, 7) is 6.33. The van der Waals surface area contributed by atoms with Crippen LogP contribution in [0.1, 0.15) is 19.8 Å². The van der Waals surface area contributed by atoms with E-state index in [1.807, 2.05) is 37.3 Å².